The Hall–Kier alpha value is -0.0400. The second-order valence-corrected chi connectivity index (χ2v) is 6.43. The van der Waals surface area contributed by atoms with Gasteiger partial charge in [0.1, 0.15) is 0 Å². The summed E-state index contributed by atoms with van der Waals surface area (Å²) >= 11 is 0. The molecule has 108 valence electrons. The van der Waals surface area contributed by atoms with Crippen LogP contribution in [0.2, 0.25) is 0 Å². The summed E-state index contributed by atoms with van der Waals surface area (Å²) in [5, 5.41) is 0. The zero-order chi connectivity index (χ0) is 13.1. The van der Waals surface area contributed by atoms with E-state index in [4.69, 9.17) is 4.74 Å². The molecule has 0 heterocycles. The molecule has 1 nitrogen and oxygen atoms in total. The van der Waals surface area contributed by atoms with Crippen LogP contribution in [0.3, 0.4) is 0 Å². The number of hydrogen-bond acceptors (Lipinski definition) is 1. The first kappa shape index (κ1) is 16.0. The van der Waals surface area contributed by atoms with E-state index < -0.39 is 0 Å². The van der Waals surface area contributed by atoms with Gasteiger partial charge in [-0.05, 0) is 25.2 Å². The van der Waals surface area contributed by atoms with Crippen molar-refractivity contribution in [3.05, 3.63) is 0 Å². The molecule has 1 heteroatoms. The molecule has 0 N–H and O–H groups in total. The highest BCUT2D eigenvalue weighted by Gasteiger charge is 2.10. The first-order valence-electron chi connectivity index (χ1n) is 8.40. The highest BCUT2D eigenvalue weighted by Crippen LogP contribution is 2.19. The van der Waals surface area contributed by atoms with Crippen LogP contribution in [0.15, 0.2) is 0 Å². The Morgan fingerprint density at radius 3 is 1.67 bits per heavy atom. The second kappa shape index (κ2) is 10.8. The molecule has 0 unspecified atom stereocenters. The summed E-state index contributed by atoms with van der Waals surface area (Å²) in [4.78, 5) is 0. The average Bonchev–Trinajstić information content (AvgIpc) is 2.31. The monoisotopic (exact) mass is 254 g/mol. The molecule has 0 saturated heterocycles. The molecule has 1 aliphatic carbocycles. The zero-order valence-electron chi connectivity index (χ0n) is 12.8. The van der Waals surface area contributed by atoms with Crippen molar-refractivity contribution in [1.82, 2.24) is 0 Å². The number of rotatable bonds is 4. The van der Waals surface area contributed by atoms with E-state index in [1.165, 1.54) is 77.0 Å². The molecule has 0 aromatic rings. The van der Waals surface area contributed by atoms with Gasteiger partial charge in [0.2, 0.25) is 0 Å². The van der Waals surface area contributed by atoms with Crippen molar-refractivity contribution in [3.8, 4) is 0 Å². The van der Waals surface area contributed by atoms with E-state index >= 15 is 0 Å². The molecule has 0 amide bonds. The van der Waals surface area contributed by atoms with Gasteiger partial charge < -0.3 is 4.74 Å². The molecule has 1 saturated carbocycles. The third-order valence-electron chi connectivity index (χ3n) is 4.10. The Morgan fingerprint density at radius 1 is 0.778 bits per heavy atom. The normalized spacial score (nSPS) is 21.5. The molecule has 1 aliphatic rings. The fraction of sp³-hybridized carbons (Fsp3) is 1.00. The van der Waals surface area contributed by atoms with Gasteiger partial charge in [-0.15, -0.1) is 0 Å². The molecule has 0 spiro atoms. The molecule has 0 aromatic heterocycles. The second-order valence-electron chi connectivity index (χ2n) is 6.43. The van der Waals surface area contributed by atoms with Crippen LogP contribution in [-0.4, -0.2) is 12.7 Å². The highest BCUT2D eigenvalue weighted by atomic mass is 16.5. The molecular formula is C17H34O. The summed E-state index contributed by atoms with van der Waals surface area (Å²) in [7, 11) is 0. The maximum atomic E-state index is 6.10. The van der Waals surface area contributed by atoms with Gasteiger partial charge in [0, 0.05) is 6.61 Å². The Kier molecular flexibility index (Phi) is 9.65. The largest absolute Gasteiger partial charge is 0.378 e. The van der Waals surface area contributed by atoms with Crippen LogP contribution >= 0.6 is 0 Å². The highest BCUT2D eigenvalue weighted by molar-refractivity contribution is 4.62. The van der Waals surface area contributed by atoms with Crippen molar-refractivity contribution in [2.45, 2.75) is 97.0 Å². The van der Waals surface area contributed by atoms with Gasteiger partial charge in [-0.25, -0.2) is 0 Å². The maximum absolute atomic E-state index is 6.10. The Labute approximate surface area is 115 Å². The summed E-state index contributed by atoms with van der Waals surface area (Å²) < 4.78 is 6.10. The third-order valence-corrected chi connectivity index (χ3v) is 4.10. The van der Waals surface area contributed by atoms with Crippen molar-refractivity contribution in [1.29, 1.82) is 0 Å². The third kappa shape index (κ3) is 8.97. The standard InChI is InChI=1S/C17H34O/c1-16(2)14-15-18-17-12-10-8-6-4-3-5-7-9-11-13-17/h16-17H,3-15H2,1-2H3. The quantitative estimate of drug-likeness (QED) is 0.623. The predicted molar refractivity (Wildman–Crippen MR) is 80.0 cm³/mol. The lowest BCUT2D eigenvalue weighted by Gasteiger charge is -2.19. The van der Waals surface area contributed by atoms with E-state index in [2.05, 4.69) is 13.8 Å². The molecule has 0 atom stereocenters. The first-order chi connectivity index (χ1) is 8.79. The minimum atomic E-state index is 0.558. The van der Waals surface area contributed by atoms with E-state index in [1.807, 2.05) is 0 Å². The fourth-order valence-corrected chi connectivity index (χ4v) is 2.76. The maximum Gasteiger partial charge on any atom is 0.0575 e. The van der Waals surface area contributed by atoms with Crippen molar-refractivity contribution in [3.63, 3.8) is 0 Å². The van der Waals surface area contributed by atoms with Crippen LogP contribution in [0.4, 0.5) is 0 Å². The lowest BCUT2D eigenvalue weighted by atomic mass is 9.99. The molecule has 0 radical (unpaired) electrons. The van der Waals surface area contributed by atoms with Crippen molar-refractivity contribution < 1.29 is 4.74 Å². The molecule has 0 bridgehead atoms. The van der Waals surface area contributed by atoms with Crippen LogP contribution in [0.5, 0.6) is 0 Å². The summed E-state index contributed by atoms with van der Waals surface area (Å²) in [5.41, 5.74) is 0. The van der Waals surface area contributed by atoms with Gasteiger partial charge in [0.05, 0.1) is 6.10 Å². The fourth-order valence-electron chi connectivity index (χ4n) is 2.76. The molecule has 0 aromatic carbocycles. The van der Waals surface area contributed by atoms with Crippen LogP contribution in [0.1, 0.15) is 90.9 Å². The van der Waals surface area contributed by atoms with Gasteiger partial charge in [-0.3, -0.25) is 0 Å². The Morgan fingerprint density at radius 2 is 1.22 bits per heavy atom. The lowest BCUT2D eigenvalue weighted by molar-refractivity contribution is 0.0320. The van der Waals surface area contributed by atoms with E-state index in [1.54, 1.807) is 0 Å². The summed E-state index contributed by atoms with van der Waals surface area (Å²) in [6.07, 6.45) is 17.3. The van der Waals surface area contributed by atoms with Gasteiger partial charge in [-0.2, -0.15) is 0 Å². The number of hydrogen-bond donors (Lipinski definition) is 0. The molecule has 0 aliphatic heterocycles. The van der Waals surface area contributed by atoms with Crippen molar-refractivity contribution in [2.75, 3.05) is 6.61 Å². The smallest absolute Gasteiger partial charge is 0.0575 e. The van der Waals surface area contributed by atoms with Gasteiger partial charge in [0.25, 0.3) is 0 Å². The Bertz CT molecular complexity index is 164. The Balaban J connectivity index is 2.18. The van der Waals surface area contributed by atoms with Crippen LogP contribution in [0, 0.1) is 5.92 Å². The summed E-state index contributed by atoms with van der Waals surface area (Å²) in [6.45, 7) is 5.54. The molecule has 18 heavy (non-hydrogen) atoms. The molecule has 1 rings (SSSR count). The van der Waals surface area contributed by atoms with Gasteiger partial charge in [0.15, 0.2) is 0 Å². The van der Waals surface area contributed by atoms with Gasteiger partial charge in [-0.1, -0.05) is 71.6 Å². The van der Waals surface area contributed by atoms with E-state index in [9.17, 15) is 0 Å². The average molecular weight is 254 g/mol. The first-order valence-corrected chi connectivity index (χ1v) is 8.40. The van der Waals surface area contributed by atoms with Crippen LogP contribution < -0.4 is 0 Å². The zero-order valence-corrected chi connectivity index (χ0v) is 12.8. The van der Waals surface area contributed by atoms with Crippen molar-refractivity contribution in [2.24, 2.45) is 5.92 Å². The van der Waals surface area contributed by atoms with Crippen molar-refractivity contribution >= 4 is 0 Å². The predicted octanol–water partition coefficient (Wildman–Crippen LogP) is 5.72. The summed E-state index contributed by atoms with van der Waals surface area (Å²) in [5.74, 6) is 0.774. The molecule has 1 fully saturated rings. The minimum absolute atomic E-state index is 0.558. The van der Waals surface area contributed by atoms with E-state index in [0.29, 0.717) is 6.10 Å². The van der Waals surface area contributed by atoms with Crippen LogP contribution in [0.25, 0.3) is 0 Å². The topological polar surface area (TPSA) is 9.23 Å². The van der Waals surface area contributed by atoms with E-state index in [-0.39, 0.29) is 0 Å². The van der Waals surface area contributed by atoms with E-state index in [0.717, 1.165) is 12.5 Å². The molecular weight excluding hydrogens is 220 g/mol. The lowest BCUT2D eigenvalue weighted by Crippen LogP contribution is -2.15. The minimum Gasteiger partial charge on any atom is -0.378 e. The number of ether oxygens (including phenoxy) is 1. The SMILES string of the molecule is CC(C)CCOC1CCCCCCCCCCC1. The van der Waals surface area contributed by atoms with Crippen LogP contribution in [-0.2, 0) is 4.74 Å². The summed E-state index contributed by atoms with van der Waals surface area (Å²) in [6, 6.07) is 0. The van der Waals surface area contributed by atoms with Gasteiger partial charge >= 0.3 is 0 Å².